The molecule has 0 spiro atoms. The van der Waals surface area contributed by atoms with Crippen molar-refractivity contribution >= 4 is 36.4 Å². The summed E-state index contributed by atoms with van der Waals surface area (Å²) in [4.78, 5) is 27.9. The van der Waals surface area contributed by atoms with Crippen LogP contribution in [-0.2, 0) is 16.0 Å². The average molecular weight is 488 g/mol. The second-order valence-electron chi connectivity index (χ2n) is 9.10. The van der Waals surface area contributed by atoms with Crippen molar-refractivity contribution in [2.24, 2.45) is 0 Å². The van der Waals surface area contributed by atoms with Crippen LogP contribution < -0.4 is 5.32 Å². The number of rotatable bonds is 7. The fraction of sp³-hybridized carbons (Fsp3) is 0.545. The van der Waals surface area contributed by atoms with Gasteiger partial charge in [-0.1, -0.05) is 11.6 Å². The van der Waals surface area contributed by atoms with E-state index < -0.39 is 29.6 Å². The van der Waals surface area contributed by atoms with E-state index in [9.17, 15) is 9.59 Å². The molecular weight excluding hydrogens is 454 g/mol. The van der Waals surface area contributed by atoms with Crippen LogP contribution in [-0.4, -0.2) is 46.4 Å². The van der Waals surface area contributed by atoms with Gasteiger partial charge in [-0.3, -0.25) is 4.90 Å². The molecule has 0 aromatic carbocycles. The first-order valence-electron chi connectivity index (χ1n) is 10.1. The quantitative estimate of drug-likeness (QED) is 0.223. The average Bonchev–Trinajstić information content (AvgIpc) is 3.13. The maximum atomic E-state index is 12.9. The summed E-state index contributed by atoms with van der Waals surface area (Å²) in [6.07, 6.45) is 1.42. The standard InChI is InChI=1S/C22H34ClN3O5S/c1-15(24-19(27)30-21(2,3)4)25(8)18(23)12-16(14-32)26(13-17-10-9-11-29-17)20(28)31-22(5,6)7/h9-12,14-15,32H,13H2,1-8H3,(H,24,27)/b16-14-,18-12-. The van der Waals surface area contributed by atoms with Gasteiger partial charge < -0.3 is 24.1 Å². The van der Waals surface area contributed by atoms with E-state index in [0.29, 0.717) is 11.5 Å². The molecule has 1 aromatic rings. The van der Waals surface area contributed by atoms with Crippen molar-refractivity contribution in [1.82, 2.24) is 15.1 Å². The van der Waals surface area contributed by atoms with E-state index in [2.05, 4.69) is 17.9 Å². The Balaban J connectivity index is 3.06. The number of hydrogen-bond acceptors (Lipinski definition) is 7. The van der Waals surface area contributed by atoms with Crippen LogP contribution in [0.5, 0.6) is 0 Å². The molecule has 2 amide bonds. The molecule has 0 fully saturated rings. The second-order valence-corrected chi connectivity index (χ2v) is 9.75. The van der Waals surface area contributed by atoms with Gasteiger partial charge in [0.1, 0.15) is 28.3 Å². The van der Waals surface area contributed by atoms with Crippen LogP contribution in [0.3, 0.4) is 0 Å². The molecule has 1 N–H and O–H groups in total. The summed E-state index contributed by atoms with van der Waals surface area (Å²) < 4.78 is 16.2. The Morgan fingerprint density at radius 1 is 1.22 bits per heavy atom. The Hall–Kier alpha value is -2.26. The summed E-state index contributed by atoms with van der Waals surface area (Å²) in [5.74, 6) is 0.557. The van der Waals surface area contributed by atoms with Crippen molar-refractivity contribution in [3.05, 3.63) is 46.5 Å². The molecule has 180 valence electrons. The lowest BCUT2D eigenvalue weighted by Crippen LogP contribution is -2.45. The normalized spacial score (nSPS) is 13.9. The predicted molar refractivity (Wildman–Crippen MR) is 128 cm³/mol. The maximum Gasteiger partial charge on any atom is 0.415 e. The van der Waals surface area contributed by atoms with Crippen LogP contribution in [0.25, 0.3) is 0 Å². The van der Waals surface area contributed by atoms with E-state index in [1.54, 1.807) is 78.6 Å². The number of hydrogen-bond donors (Lipinski definition) is 2. The van der Waals surface area contributed by atoms with E-state index in [-0.39, 0.29) is 11.7 Å². The molecule has 32 heavy (non-hydrogen) atoms. The van der Waals surface area contributed by atoms with Crippen molar-refractivity contribution in [3.63, 3.8) is 0 Å². The molecule has 0 saturated heterocycles. The number of allylic oxidation sites excluding steroid dienone is 1. The zero-order valence-electron chi connectivity index (χ0n) is 19.9. The summed E-state index contributed by atoms with van der Waals surface area (Å²) in [6.45, 7) is 12.5. The minimum absolute atomic E-state index is 0.115. The van der Waals surface area contributed by atoms with Gasteiger partial charge in [0.25, 0.3) is 0 Å². The predicted octanol–water partition coefficient (Wildman–Crippen LogP) is 5.67. The van der Waals surface area contributed by atoms with Crippen molar-refractivity contribution in [3.8, 4) is 0 Å². The molecule has 1 unspecified atom stereocenters. The van der Waals surface area contributed by atoms with Gasteiger partial charge >= 0.3 is 12.2 Å². The molecule has 0 aliphatic carbocycles. The first kappa shape index (κ1) is 27.8. The monoisotopic (exact) mass is 487 g/mol. The number of nitrogens with zero attached hydrogens (tertiary/aromatic N) is 2. The van der Waals surface area contributed by atoms with Gasteiger partial charge in [0.05, 0.1) is 18.5 Å². The highest BCUT2D eigenvalue weighted by atomic mass is 35.5. The van der Waals surface area contributed by atoms with Gasteiger partial charge in [-0.25, -0.2) is 9.59 Å². The summed E-state index contributed by atoms with van der Waals surface area (Å²) in [5.41, 5.74) is -0.944. The van der Waals surface area contributed by atoms with Crippen molar-refractivity contribution in [2.75, 3.05) is 7.05 Å². The van der Waals surface area contributed by atoms with Crippen molar-refractivity contribution in [2.45, 2.75) is 72.4 Å². The molecule has 1 heterocycles. The Morgan fingerprint density at radius 2 is 1.81 bits per heavy atom. The van der Waals surface area contributed by atoms with Crippen molar-refractivity contribution < 1.29 is 23.5 Å². The molecule has 0 radical (unpaired) electrons. The topological polar surface area (TPSA) is 84.3 Å². The number of carbonyl (C=O) groups excluding carboxylic acids is 2. The number of furan rings is 1. The Bertz CT molecular complexity index is 826. The highest BCUT2D eigenvalue weighted by molar-refractivity contribution is 7.83. The van der Waals surface area contributed by atoms with Crippen LogP contribution in [0, 0.1) is 0 Å². The minimum Gasteiger partial charge on any atom is -0.467 e. The van der Waals surface area contributed by atoms with E-state index in [4.69, 9.17) is 25.5 Å². The summed E-state index contributed by atoms with van der Waals surface area (Å²) in [6, 6.07) is 3.48. The zero-order valence-corrected chi connectivity index (χ0v) is 21.6. The number of amides is 2. The smallest absolute Gasteiger partial charge is 0.415 e. The largest absolute Gasteiger partial charge is 0.467 e. The highest BCUT2D eigenvalue weighted by Gasteiger charge is 2.26. The summed E-state index contributed by atoms with van der Waals surface area (Å²) in [5, 5.41) is 4.40. The Morgan fingerprint density at radius 3 is 2.28 bits per heavy atom. The lowest BCUT2D eigenvalue weighted by atomic mass is 10.2. The fourth-order valence-electron chi connectivity index (χ4n) is 2.31. The van der Waals surface area contributed by atoms with E-state index >= 15 is 0 Å². The van der Waals surface area contributed by atoms with Gasteiger partial charge in [0, 0.05) is 7.05 Å². The summed E-state index contributed by atoms with van der Waals surface area (Å²) in [7, 11) is 1.70. The van der Waals surface area contributed by atoms with E-state index in [0.717, 1.165) is 0 Å². The SMILES string of the molecule is CC(NC(=O)OC(C)(C)C)N(C)/C(Cl)=C\C(=C\S)N(Cc1ccco1)C(=O)OC(C)(C)C. The molecule has 10 heteroatoms. The number of ether oxygens (including phenoxy) is 2. The zero-order chi connectivity index (χ0) is 24.7. The second kappa shape index (κ2) is 11.6. The molecule has 1 aromatic heterocycles. The molecule has 1 rings (SSSR count). The third kappa shape index (κ3) is 9.91. The van der Waals surface area contributed by atoms with Crippen LogP contribution in [0.1, 0.15) is 54.2 Å². The van der Waals surface area contributed by atoms with Gasteiger partial charge in [-0.15, -0.1) is 12.6 Å². The molecule has 0 aliphatic heterocycles. The third-order valence-electron chi connectivity index (χ3n) is 3.86. The lowest BCUT2D eigenvalue weighted by Gasteiger charge is -2.30. The number of carbonyl (C=O) groups is 2. The van der Waals surface area contributed by atoms with Gasteiger partial charge in [-0.2, -0.15) is 0 Å². The lowest BCUT2D eigenvalue weighted by molar-refractivity contribution is 0.0297. The number of alkyl carbamates (subject to hydrolysis) is 1. The van der Waals surface area contributed by atoms with Crippen LogP contribution in [0.2, 0.25) is 0 Å². The van der Waals surface area contributed by atoms with Gasteiger partial charge in [-0.05, 0) is 72.1 Å². The van der Waals surface area contributed by atoms with Gasteiger partial charge in [0.15, 0.2) is 0 Å². The summed E-state index contributed by atoms with van der Waals surface area (Å²) >= 11 is 10.8. The van der Waals surface area contributed by atoms with E-state index in [1.807, 2.05) is 0 Å². The van der Waals surface area contributed by atoms with E-state index in [1.165, 1.54) is 16.6 Å². The van der Waals surface area contributed by atoms with Crippen LogP contribution in [0.4, 0.5) is 9.59 Å². The Labute approximate surface area is 200 Å². The highest BCUT2D eigenvalue weighted by Crippen LogP contribution is 2.22. The van der Waals surface area contributed by atoms with Crippen LogP contribution >= 0.6 is 24.2 Å². The van der Waals surface area contributed by atoms with Crippen molar-refractivity contribution in [1.29, 1.82) is 0 Å². The number of halogens is 1. The van der Waals surface area contributed by atoms with Gasteiger partial charge in [0.2, 0.25) is 0 Å². The minimum atomic E-state index is -0.698. The first-order chi connectivity index (χ1) is 14.6. The number of thiol groups is 1. The molecule has 0 bridgehead atoms. The number of nitrogens with one attached hydrogen (secondary N) is 1. The first-order valence-corrected chi connectivity index (χ1v) is 11.0. The maximum absolute atomic E-state index is 12.9. The molecule has 0 saturated carbocycles. The third-order valence-corrected chi connectivity index (χ3v) is 4.50. The molecule has 8 nitrogen and oxygen atoms in total. The van der Waals surface area contributed by atoms with Crippen LogP contribution in [0.15, 0.2) is 45.2 Å². The fourth-order valence-corrected chi connectivity index (χ4v) is 2.78. The molecule has 1 atom stereocenters. The Kier molecular flexibility index (Phi) is 10.0. The molecule has 0 aliphatic rings. The molecular formula is C22H34ClN3O5S.